The lowest BCUT2D eigenvalue weighted by Crippen LogP contribution is -2.15. The van der Waals surface area contributed by atoms with E-state index in [2.05, 4.69) is 20.0 Å². The molecule has 3 aromatic rings. The highest BCUT2D eigenvalue weighted by molar-refractivity contribution is 7.92. The number of nitrogens with zero attached hydrogens (tertiary/aromatic N) is 3. The van der Waals surface area contributed by atoms with Gasteiger partial charge in [-0.1, -0.05) is 24.3 Å². The van der Waals surface area contributed by atoms with Gasteiger partial charge in [-0.3, -0.25) is 4.72 Å². The van der Waals surface area contributed by atoms with Crippen LogP contribution in [0.5, 0.6) is 0 Å². The molecular formula is C19H16FN5O2S. The molecule has 1 aromatic heterocycles. The highest BCUT2D eigenvalue weighted by Crippen LogP contribution is 2.27. The molecule has 2 N–H and O–H groups in total. The van der Waals surface area contributed by atoms with Gasteiger partial charge in [0.15, 0.2) is 0 Å². The molecule has 9 heteroatoms. The van der Waals surface area contributed by atoms with E-state index in [9.17, 15) is 12.8 Å². The quantitative estimate of drug-likeness (QED) is 0.662. The molecule has 0 amide bonds. The second kappa shape index (κ2) is 8.02. The van der Waals surface area contributed by atoms with Gasteiger partial charge in [0.2, 0.25) is 16.0 Å². The number of nitrogens with one attached hydrogen (secondary N) is 2. The molecule has 28 heavy (non-hydrogen) atoms. The van der Waals surface area contributed by atoms with Crippen LogP contribution in [0.15, 0.2) is 60.9 Å². The normalized spacial score (nSPS) is 12.0. The van der Waals surface area contributed by atoms with E-state index >= 15 is 0 Å². The van der Waals surface area contributed by atoms with Crippen molar-refractivity contribution in [1.29, 1.82) is 5.26 Å². The van der Waals surface area contributed by atoms with Crippen LogP contribution in [0.1, 0.15) is 22.7 Å². The molecule has 0 saturated heterocycles. The standard InChI is InChI=1S/C19H16FN5O2S/c1-28(26,27)25-17-8-4-15(5-9-17)18(14-2-6-16(20)7-3-14)24-19-22-11-13(10-21)12-23-19/h2-9,11-12,18,25H,1H3,(H,22,23,24). The second-order valence-corrected chi connectivity index (χ2v) is 7.78. The summed E-state index contributed by atoms with van der Waals surface area (Å²) in [4.78, 5) is 8.23. The first-order chi connectivity index (χ1) is 13.3. The molecule has 0 aliphatic rings. The van der Waals surface area contributed by atoms with Crippen molar-refractivity contribution in [3.63, 3.8) is 0 Å². The van der Waals surface area contributed by atoms with Gasteiger partial charge in [0.25, 0.3) is 0 Å². The van der Waals surface area contributed by atoms with Crippen molar-refractivity contribution in [2.24, 2.45) is 0 Å². The summed E-state index contributed by atoms with van der Waals surface area (Å²) in [5.41, 5.74) is 2.32. The largest absolute Gasteiger partial charge is 0.343 e. The Morgan fingerprint density at radius 2 is 1.54 bits per heavy atom. The van der Waals surface area contributed by atoms with Gasteiger partial charge < -0.3 is 5.32 Å². The first-order valence-corrected chi connectivity index (χ1v) is 10.0. The van der Waals surface area contributed by atoms with E-state index in [-0.39, 0.29) is 5.82 Å². The van der Waals surface area contributed by atoms with Crippen molar-refractivity contribution in [2.45, 2.75) is 6.04 Å². The number of sulfonamides is 1. The first-order valence-electron chi connectivity index (χ1n) is 8.16. The molecule has 0 spiro atoms. The average molecular weight is 397 g/mol. The number of benzene rings is 2. The fourth-order valence-electron chi connectivity index (χ4n) is 2.56. The van der Waals surface area contributed by atoms with E-state index in [0.29, 0.717) is 17.2 Å². The summed E-state index contributed by atoms with van der Waals surface area (Å²) in [5.74, 6) is -0.0588. The van der Waals surface area contributed by atoms with Crippen LogP contribution in [-0.2, 0) is 10.0 Å². The van der Waals surface area contributed by atoms with Crippen LogP contribution in [0.3, 0.4) is 0 Å². The maximum Gasteiger partial charge on any atom is 0.229 e. The minimum Gasteiger partial charge on any atom is -0.343 e. The Hall–Kier alpha value is -3.51. The average Bonchev–Trinajstić information content (AvgIpc) is 2.67. The zero-order valence-corrected chi connectivity index (χ0v) is 15.6. The van der Waals surface area contributed by atoms with Crippen LogP contribution in [-0.4, -0.2) is 24.6 Å². The molecular weight excluding hydrogens is 381 g/mol. The van der Waals surface area contributed by atoms with Gasteiger partial charge >= 0.3 is 0 Å². The van der Waals surface area contributed by atoms with E-state index in [1.54, 1.807) is 36.4 Å². The Kier molecular flexibility index (Phi) is 5.52. The fourth-order valence-corrected chi connectivity index (χ4v) is 3.13. The van der Waals surface area contributed by atoms with Gasteiger partial charge in [-0.25, -0.2) is 22.8 Å². The maximum atomic E-state index is 13.3. The number of hydrogen-bond acceptors (Lipinski definition) is 6. The van der Waals surface area contributed by atoms with Crippen LogP contribution in [0, 0.1) is 17.1 Å². The second-order valence-electron chi connectivity index (χ2n) is 6.03. The van der Waals surface area contributed by atoms with Gasteiger partial charge in [-0.15, -0.1) is 0 Å². The number of halogens is 1. The predicted molar refractivity (Wildman–Crippen MR) is 104 cm³/mol. The summed E-state index contributed by atoms with van der Waals surface area (Å²) in [5, 5.41) is 12.0. The summed E-state index contributed by atoms with van der Waals surface area (Å²) in [7, 11) is -3.38. The zero-order valence-electron chi connectivity index (χ0n) is 14.8. The molecule has 0 fully saturated rings. The number of nitriles is 1. The Morgan fingerprint density at radius 1 is 1.00 bits per heavy atom. The molecule has 0 radical (unpaired) electrons. The Balaban J connectivity index is 1.93. The van der Waals surface area contributed by atoms with E-state index in [4.69, 9.17) is 5.26 Å². The third-order valence-electron chi connectivity index (χ3n) is 3.80. The van der Waals surface area contributed by atoms with E-state index in [1.807, 2.05) is 6.07 Å². The number of anilines is 2. The van der Waals surface area contributed by atoms with Crippen LogP contribution < -0.4 is 10.0 Å². The van der Waals surface area contributed by atoms with E-state index in [1.165, 1.54) is 24.5 Å². The molecule has 2 aromatic carbocycles. The van der Waals surface area contributed by atoms with Gasteiger partial charge in [0, 0.05) is 5.69 Å². The number of hydrogen-bond donors (Lipinski definition) is 2. The molecule has 0 saturated carbocycles. The van der Waals surface area contributed by atoms with Crippen molar-refractivity contribution < 1.29 is 12.8 Å². The molecule has 1 atom stereocenters. The molecule has 3 rings (SSSR count). The van der Waals surface area contributed by atoms with Gasteiger partial charge in [0.05, 0.1) is 30.3 Å². The molecule has 142 valence electrons. The van der Waals surface area contributed by atoms with Crippen LogP contribution in [0.4, 0.5) is 16.0 Å². The lowest BCUT2D eigenvalue weighted by atomic mass is 9.98. The van der Waals surface area contributed by atoms with Crippen molar-refractivity contribution in [2.75, 3.05) is 16.3 Å². The van der Waals surface area contributed by atoms with Crippen LogP contribution >= 0.6 is 0 Å². The van der Waals surface area contributed by atoms with E-state index in [0.717, 1.165) is 17.4 Å². The van der Waals surface area contributed by atoms with Crippen molar-refractivity contribution in [3.05, 3.63) is 83.4 Å². The SMILES string of the molecule is CS(=O)(=O)Nc1ccc(C(Nc2ncc(C#N)cn2)c2ccc(F)cc2)cc1. The summed E-state index contributed by atoms with van der Waals surface area (Å²) >= 11 is 0. The molecule has 7 nitrogen and oxygen atoms in total. The molecule has 0 bridgehead atoms. The van der Waals surface area contributed by atoms with Crippen LogP contribution in [0.2, 0.25) is 0 Å². The van der Waals surface area contributed by atoms with Crippen LogP contribution in [0.25, 0.3) is 0 Å². The topological polar surface area (TPSA) is 108 Å². The first kappa shape index (κ1) is 19.3. The van der Waals surface area contributed by atoms with Crippen molar-refractivity contribution >= 4 is 21.7 Å². The van der Waals surface area contributed by atoms with Crippen molar-refractivity contribution in [3.8, 4) is 6.07 Å². The summed E-state index contributed by atoms with van der Waals surface area (Å²) in [6.45, 7) is 0. The molecule has 0 aliphatic heterocycles. The highest BCUT2D eigenvalue weighted by Gasteiger charge is 2.16. The summed E-state index contributed by atoms with van der Waals surface area (Å²) in [6, 6.07) is 14.3. The maximum absolute atomic E-state index is 13.3. The Morgan fingerprint density at radius 3 is 2.04 bits per heavy atom. The molecule has 1 heterocycles. The zero-order chi connectivity index (χ0) is 20.1. The molecule has 0 aliphatic carbocycles. The predicted octanol–water partition coefficient (Wildman–Crippen LogP) is 3.06. The lowest BCUT2D eigenvalue weighted by Gasteiger charge is -2.20. The smallest absolute Gasteiger partial charge is 0.229 e. The third-order valence-corrected chi connectivity index (χ3v) is 4.41. The number of rotatable bonds is 6. The monoisotopic (exact) mass is 397 g/mol. The third kappa shape index (κ3) is 5.02. The minimum absolute atomic E-state index is 0.298. The fraction of sp³-hybridized carbons (Fsp3) is 0.105. The van der Waals surface area contributed by atoms with Gasteiger partial charge in [-0.2, -0.15) is 5.26 Å². The summed E-state index contributed by atoms with van der Waals surface area (Å²) in [6.07, 6.45) is 3.87. The van der Waals surface area contributed by atoms with E-state index < -0.39 is 16.1 Å². The van der Waals surface area contributed by atoms with Gasteiger partial charge in [0.1, 0.15) is 11.9 Å². The molecule has 1 unspecified atom stereocenters. The van der Waals surface area contributed by atoms with Crippen molar-refractivity contribution in [1.82, 2.24) is 9.97 Å². The minimum atomic E-state index is -3.38. The Bertz CT molecular complexity index is 1090. The highest BCUT2D eigenvalue weighted by atomic mass is 32.2. The lowest BCUT2D eigenvalue weighted by molar-refractivity contribution is 0.607. The Labute approximate surface area is 161 Å². The summed E-state index contributed by atoms with van der Waals surface area (Å²) < 4.78 is 38.5. The van der Waals surface area contributed by atoms with Gasteiger partial charge in [-0.05, 0) is 35.4 Å². The number of aromatic nitrogens is 2.